The second-order valence-corrected chi connectivity index (χ2v) is 6.40. The van der Waals surface area contributed by atoms with Crippen LogP contribution in [0.25, 0.3) is 0 Å². The molecule has 0 aromatic heterocycles. The van der Waals surface area contributed by atoms with Crippen molar-refractivity contribution in [3.05, 3.63) is 11.1 Å². The molecule has 0 amide bonds. The zero-order valence-corrected chi connectivity index (χ0v) is 11.6. The third-order valence-electron chi connectivity index (χ3n) is 5.40. The fourth-order valence-electron chi connectivity index (χ4n) is 4.20. The first-order chi connectivity index (χ1) is 8.34. The number of hydrogen-bond acceptors (Lipinski definition) is 2. The number of carbonyl (C=O) groups excluding carboxylic acids is 1. The molecule has 3 heteroatoms. The number of allylic oxidation sites excluding steroid dienone is 2. The van der Waals surface area contributed by atoms with Crippen molar-refractivity contribution < 1.29 is 14.7 Å². The predicted molar refractivity (Wildman–Crippen MR) is 69.0 cm³/mol. The summed E-state index contributed by atoms with van der Waals surface area (Å²) in [7, 11) is 0. The molecule has 3 nitrogen and oxygen atoms in total. The van der Waals surface area contributed by atoms with E-state index in [0.717, 1.165) is 30.3 Å². The molecule has 100 valence electrons. The SMILES string of the molecule is CC1=C(C=O)C2C(C(C)C)CCC1(C)C2C(=O)O. The maximum Gasteiger partial charge on any atom is 0.308 e. The minimum absolute atomic E-state index is 0.0845. The Balaban J connectivity index is 2.54. The van der Waals surface area contributed by atoms with Gasteiger partial charge in [-0.3, -0.25) is 9.59 Å². The number of hydrogen-bond donors (Lipinski definition) is 1. The van der Waals surface area contributed by atoms with Gasteiger partial charge in [-0.1, -0.05) is 26.3 Å². The lowest BCUT2D eigenvalue weighted by molar-refractivity contribution is -0.150. The molecule has 2 aliphatic rings. The van der Waals surface area contributed by atoms with Crippen LogP contribution in [0.2, 0.25) is 0 Å². The smallest absolute Gasteiger partial charge is 0.308 e. The lowest BCUT2D eigenvalue weighted by Crippen LogP contribution is -2.43. The summed E-state index contributed by atoms with van der Waals surface area (Å²) in [6, 6.07) is 0. The third kappa shape index (κ3) is 1.56. The van der Waals surface area contributed by atoms with E-state index in [2.05, 4.69) is 13.8 Å². The van der Waals surface area contributed by atoms with Gasteiger partial charge in [-0.15, -0.1) is 0 Å². The highest BCUT2D eigenvalue weighted by Gasteiger charge is 2.58. The summed E-state index contributed by atoms with van der Waals surface area (Å²) in [5, 5.41) is 9.57. The highest BCUT2D eigenvalue weighted by Crippen LogP contribution is 2.60. The first-order valence-corrected chi connectivity index (χ1v) is 6.73. The van der Waals surface area contributed by atoms with Gasteiger partial charge in [0, 0.05) is 11.3 Å². The van der Waals surface area contributed by atoms with E-state index >= 15 is 0 Å². The summed E-state index contributed by atoms with van der Waals surface area (Å²) in [6.45, 7) is 8.22. The highest BCUT2D eigenvalue weighted by molar-refractivity contribution is 5.84. The van der Waals surface area contributed by atoms with Gasteiger partial charge in [0.1, 0.15) is 6.29 Å². The van der Waals surface area contributed by atoms with Gasteiger partial charge >= 0.3 is 5.97 Å². The molecule has 0 saturated heterocycles. The molecule has 2 rings (SSSR count). The molecule has 0 aliphatic heterocycles. The van der Waals surface area contributed by atoms with E-state index in [4.69, 9.17) is 0 Å². The minimum Gasteiger partial charge on any atom is -0.481 e. The molecule has 1 fully saturated rings. The van der Waals surface area contributed by atoms with Crippen molar-refractivity contribution in [2.45, 2.75) is 40.5 Å². The predicted octanol–water partition coefficient (Wildman–Crippen LogP) is 2.90. The highest BCUT2D eigenvalue weighted by atomic mass is 16.4. The Morgan fingerprint density at radius 2 is 2.11 bits per heavy atom. The number of rotatable bonds is 3. The molecule has 2 aliphatic carbocycles. The average Bonchev–Trinajstić information content (AvgIpc) is 2.42. The summed E-state index contributed by atoms with van der Waals surface area (Å²) in [4.78, 5) is 23.0. The van der Waals surface area contributed by atoms with Gasteiger partial charge in [0.15, 0.2) is 0 Å². The molecule has 4 unspecified atom stereocenters. The lowest BCUT2D eigenvalue weighted by Gasteiger charge is -2.43. The Morgan fingerprint density at radius 1 is 1.50 bits per heavy atom. The summed E-state index contributed by atoms with van der Waals surface area (Å²) < 4.78 is 0. The van der Waals surface area contributed by atoms with Crippen LogP contribution in [-0.2, 0) is 9.59 Å². The van der Waals surface area contributed by atoms with Crippen LogP contribution in [0, 0.1) is 29.1 Å². The molecule has 0 aromatic rings. The number of carbonyl (C=O) groups is 2. The summed E-state index contributed by atoms with van der Waals surface area (Å²) >= 11 is 0. The van der Waals surface area contributed by atoms with E-state index in [1.165, 1.54) is 0 Å². The van der Waals surface area contributed by atoms with Crippen molar-refractivity contribution in [1.82, 2.24) is 0 Å². The van der Waals surface area contributed by atoms with E-state index in [1.807, 2.05) is 13.8 Å². The van der Waals surface area contributed by atoms with Crippen molar-refractivity contribution in [2.75, 3.05) is 0 Å². The van der Waals surface area contributed by atoms with E-state index in [0.29, 0.717) is 11.8 Å². The Kier molecular flexibility index (Phi) is 3.12. The topological polar surface area (TPSA) is 54.4 Å². The normalized spacial score (nSPS) is 39.3. The first kappa shape index (κ1) is 13.3. The van der Waals surface area contributed by atoms with Crippen LogP contribution in [0.4, 0.5) is 0 Å². The fourth-order valence-corrected chi connectivity index (χ4v) is 4.20. The minimum atomic E-state index is -0.746. The second kappa shape index (κ2) is 4.22. The number of carboxylic acids is 1. The number of carboxylic acid groups (broad SMARTS) is 1. The van der Waals surface area contributed by atoms with Gasteiger partial charge in [-0.25, -0.2) is 0 Å². The Morgan fingerprint density at radius 3 is 2.56 bits per heavy atom. The molecule has 1 saturated carbocycles. The summed E-state index contributed by atoms with van der Waals surface area (Å²) in [5.41, 5.74) is 1.46. The van der Waals surface area contributed by atoms with E-state index in [-0.39, 0.29) is 11.3 Å². The van der Waals surface area contributed by atoms with Gasteiger partial charge < -0.3 is 5.11 Å². The van der Waals surface area contributed by atoms with E-state index < -0.39 is 11.9 Å². The van der Waals surface area contributed by atoms with Crippen LogP contribution in [-0.4, -0.2) is 17.4 Å². The first-order valence-electron chi connectivity index (χ1n) is 6.73. The number of aldehydes is 1. The van der Waals surface area contributed by atoms with Gasteiger partial charge in [0.25, 0.3) is 0 Å². The maximum absolute atomic E-state index is 11.7. The molecule has 0 heterocycles. The summed E-state index contributed by atoms with van der Waals surface area (Å²) in [6.07, 6.45) is 2.81. The zero-order chi connectivity index (χ0) is 13.7. The van der Waals surface area contributed by atoms with Crippen LogP contribution < -0.4 is 0 Å². The lowest BCUT2D eigenvalue weighted by atomic mass is 9.59. The molecule has 2 bridgehead atoms. The molecule has 18 heavy (non-hydrogen) atoms. The van der Waals surface area contributed by atoms with E-state index in [9.17, 15) is 14.7 Å². The standard InChI is InChI=1S/C15H22O3/c1-8(2)10-5-6-15(4)9(3)11(7-16)12(10)13(15)14(17)18/h7-8,10,12-13H,5-6H2,1-4H3,(H,17,18). The van der Waals surface area contributed by atoms with Crippen molar-refractivity contribution >= 4 is 12.3 Å². The third-order valence-corrected chi connectivity index (χ3v) is 5.40. The van der Waals surface area contributed by atoms with Crippen LogP contribution >= 0.6 is 0 Å². The zero-order valence-electron chi connectivity index (χ0n) is 11.6. The summed E-state index contributed by atoms with van der Waals surface area (Å²) in [5.74, 6) is -0.513. The quantitative estimate of drug-likeness (QED) is 0.783. The van der Waals surface area contributed by atoms with Gasteiger partial charge in [0.2, 0.25) is 0 Å². The van der Waals surface area contributed by atoms with Crippen LogP contribution in [0.1, 0.15) is 40.5 Å². The van der Waals surface area contributed by atoms with Crippen LogP contribution in [0.15, 0.2) is 11.1 Å². The largest absolute Gasteiger partial charge is 0.481 e. The monoisotopic (exact) mass is 250 g/mol. The van der Waals surface area contributed by atoms with Gasteiger partial charge in [-0.2, -0.15) is 0 Å². The van der Waals surface area contributed by atoms with Crippen molar-refractivity contribution in [3.63, 3.8) is 0 Å². The van der Waals surface area contributed by atoms with E-state index in [1.54, 1.807) is 0 Å². The number of aliphatic carboxylic acids is 1. The Bertz CT molecular complexity index is 421. The molecule has 0 spiro atoms. The molecule has 4 atom stereocenters. The van der Waals surface area contributed by atoms with Gasteiger partial charge in [-0.05, 0) is 37.2 Å². The molecular weight excluding hydrogens is 228 g/mol. The molecule has 1 N–H and O–H groups in total. The average molecular weight is 250 g/mol. The van der Waals surface area contributed by atoms with Gasteiger partial charge in [0.05, 0.1) is 5.92 Å². The Hall–Kier alpha value is -1.12. The maximum atomic E-state index is 11.7. The van der Waals surface area contributed by atoms with Crippen molar-refractivity contribution in [1.29, 1.82) is 0 Å². The number of fused-ring (bicyclic) bond motifs is 2. The second-order valence-electron chi connectivity index (χ2n) is 6.40. The molecular formula is C15H22O3. The molecule has 0 radical (unpaired) electrons. The van der Waals surface area contributed by atoms with Crippen LogP contribution in [0.5, 0.6) is 0 Å². The Labute approximate surface area is 108 Å². The van der Waals surface area contributed by atoms with Crippen molar-refractivity contribution in [2.24, 2.45) is 29.1 Å². The fraction of sp³-hybridized carbons (Fsp3) is 0.733. The molecule has 0 aromatic carbocycles. The van der Waals surface area contributed by atoms with Crippen LogP contribution in [0.3, 0.4) is 0 Å². The van der Waals surface area contributed by atoms with Crippen molar-refractivity contribution in [3.8, 4) is 0 Å².